The molecule has 0 spiro atoms. The smallest absolute Gasteiger partial charge is 0.265 e. The van der Waals surface area contributed by atoms with E-state index in [9.17, 15) is 9.18 Å². The predicted molar refractivity (Wildman–Crippen MR) is 93.4 cm³/mol. The van der Waals surface area contributed by atoms with Gasteiger partial charge in [-0.25, -0.2) is 4.39 Å². The van der Waals surface area contributed by atoms with E-state index in [1.165, 1.54) is 24.3 Å². The maximum atomic E-state index is 12.9. The number of ether oxygens (including phenoxy) is 2. The second-order valence-corrected chi connectivity index (χ2v) is 5.42. The minimum absolute atomic E-state index is 0.320. The van der Waals surface area contributed by atoms with Gasteiger partial charge in [0.2, 0.25) is 0 Å². The molecule has 0 aliphatic carbocycles. The number of rotatable bonds is 5. The molecule has 0 bridgehead atoms. The number of nitrogens with one attached hydrogen (secondary N) is 1. The number of benzene rings is 2. The van der Waals surface area contributed by atoms with Crippen LogP contribution in [0.5, 0.6) is 11.5 Å². The van der Waals surface area contributed by atoms with Crippen LogP contribution in [0.2, 0.25) is 0 Å². The van der Waals surface area contributed by atoms with Crippen LogP contribution in [0.3, 0.4) is 0 Å². The van der Waals surface area contributed by atoms with E-state index in [1.807, 2.05) is 6.07 Å². The summed E-state index contributed by atoms with van der Waals surface area (Å²) < 4.78 is 23.8. The minimum atomic E-state index is -0.751. The van der Waals surface area contributed by atoms with E-state index in [2.05, 4.69) is 10.3 Å². The lowest BCUT2D eigenvalue weighted by molar-refractivity contribution is -0.122. The molecule has 3 aromatic rings. The van der Waals surface area contributed by atoms with Gasteiger partial charge in [-0.05, 0) is 55.5 Å². The van der Waals surface area contributed by atoms with E-state index in [1.54, 1.807) is 38.4 Å². The lowest BCUT2D eigenvalue weighted by atomic mass is 10.1. The van der Waals surface area contributed by atoms with Crippen molar-refractivity contribution in [3.05, 3.63) is 60.5 Å². The summed E-state index contributed by atoms with van der Waals surface area (Å²) in [5.74, 6) is 0.371. The first-order valence-electron chi connectivity index (χ1n) is 7.73. The fourth-order valence-corrected chi connectivity index (χ4v) is 2.43. The Labute approximate surface area is 144 Å². The van der Waals surface area contributed by atoms with Gasteiger partial charge in [0.1, 0.15) is 22.8 Å². The molecule has 3 rings (SSSR count). The molecular formula is C19H17FN2O3. The average molecular weight is 340 g/mol. The van der Waals surface area contributed by atoms with Gasteiger partial charge in [-0.15, -0.1) is 0 Å². The Morgan fingerprint density at radius 3 is 2.64 bits per heavy atom. The Kier molecular flexibility index (Phi) is 4.79. The van der Waals surface area contributed by atoms with Gasteiger partial charge in [0.05, 0.1) is 12.8 Å². The van der Waals surface area contributed by atoms with Crippen molar-refractivity contribution < 1.29 is 18.7 Å². The van der Waals surface area contributed by atoms with Gasteiger partial charge in [-0.1, -0.05) is 0 Å². The van der Waals surface area contributed by atoms with E-state index in [4.69, 9.17) is 9.47 Å². The summed E-state index contributed by atoms with van der Waals surface area (Å²) in [6, 6.07) is 12.7. The summed E-state index contributed by atoms with van der Waals surface area (Å²) in [5.41, 5.74) is 1.28. The van der Waals surface area contributed by atoms with E-state index in [0.717, 1.165) is 5.39 Å². The monoisotopic (exact) mass is 340 g/mol. The Morgan fingerprint density at radius 2 is 1.92 bits per heavy atom. The highest BCUT2D eigenvalue weighted by Crippen LogP contribution is 2.29. The topological polar surface area (TPSA) is 60.5 Å². The van der Waals surface area contributed by atoms with Gasteiger partial charge in [0, 0.05) is 11.6 Å². The van der Waals surface area contributed by atoms with Crippen molar-refractivity contribution >= 4 is 22.5 Å². The number of pyridine rings is 1. The second-order valence-electron chi connectivity index (χ2n) is 5.42. The quantitative estimate of drug-likeness (QED) is 0.768. The van der Waals surface area contributed by atoms with Crippen LogP contribution < -0.4 is 14.8 Å². The zero-order chi connectivity index (χ0) is 17.8. The normalized spacial score (nSPS) is 11.8. The highest BCUT2D eigenvalue weighted by Gasteiger charge is 2.17. The molecule has 0 saturated heterocycles. The Hall–Kier alpha value is -3.15. The van der Waals surface area contributed by atoms with Crippen molar-refractivity contribution in [2.24, 2.45) is 0 Å². The molecule has 5 nitrogen and oxygen atoms in total. The molecule has 25 heavy (non-hydrogen) atoms. The average Bonchev–Trinajstić information content (AvgIpc) is 2.63. The first-order chi connectivity index (χ1) is 12.1. The summed E-state index contributed by atoms with van der Waals surface area (Å²) in [6.45, 7) is 1.63. The standard InChI is InChI=1S/C19H17FN2O3/c1-12(25-14-7-5-13(20)6-8-14)19(23)22-16-9-10-17(24-2)18-15(16)4-3-11-21-18/h3-12H,1-2H3,(H,22,23)/t12-/m1/s1. The molecule has 0 unspecified atom stereocenters. The van der Waals surface area contributed by atoms with E-state index >= 15 is 0 Å². The molecule has 0 fully saturated rings. The number of halogens is 1. The second kappa shape index (κ2) is 7.17. The van der Waals surface area contributed by atoms with Crippen molar-refractivity contribution in [3.63, 3.8) is 0 Å². The van der Waals surface area contributed by atoms with Gasteiger partial charge < -0.3 is 14.8 Å². The number of carbonyl (C=O) groups is 1. The summed E-state index contributed by atoms with van der Waals surface area (Å²) in [5, 5.41) is 3.60. The summed E-state index contributed by atoms with van der Waals surface area (Å²) in [6.07, 6.45) is 0.913. The molecule has 1 atom stereocenters. The largest absolute Gasteiger partial charge is 0.494 e. The first-order valence-corrected chi connectivity index (χ1v) is 7.73. The molecule has 0 radical (unpaired) electrons. The Morgan fingerprint density at radius 1 is 1.16 bits per heavy atom. The molecule has 0 aliphatic heterocycles. The first kappa shape index (κ1) is 16.7. The zero-order valence-electron chi connectivity index (χ0n) is 13.8. The van der Waals surface area contributed by atoms with Crippen molar-refractivity contribution in [2.45, 2.75) is 13.0 Å². The van der Waals surface area contributed by atoms with Crippen LogP contribution in [0, 0.1) is 5.82 Å². The van der Waals surface area contributed by atoms with Crippen LogP contribution in [0.1, 0.15) is 6.92 Å². The van der Waals surface area contributed by atoms with E-state index in [-0.39, 0.29) is 11.7 Å². The molecule has 128 valence electrons. The number of anilines is 1. The van der Waals surface area contributed by atoms with Crippen LogP contribution in [0.25, 0.3) is 10.9 Å². The summed E-state index contributed by atoms with van der Waals surface area (Å²) in [4.78, 5) is 16.7. The number of amides is 1. The van der Waals surface area contributed by atoms with Gasteiger partial charge in [0.25, 0.3) is 5.91 Å². The molecule has 2 aromatic carbocycles. The number of carbonyl (C=O) groups excluding carboxylic acids is 1. The Balaban J connectivity index is 1.78. The third-order valence-corrected chi connectivity index (χ3v) is 3.71. The molecular weight excluding hydrogens is 323 g/mol. The van der Waals surface area contributed by atoms with E-state index in [0.29, 0.717) is 22.7 Å². The molecule has 0 aliphatic rings. The van der Waals surface area contributed by atoms with Crippen molar-refractivity contribution in [1.29, 1.82) is 0 Å². The third-order valence-electron chi connectivity index (χ3n) is 3.71. The zero-order valence-corrected chi connectivity index (χ0v) is 13.8. The van der Waals surface area contributed by atoms with Gasteiger partial charge in [-0.2, -0.15) is 0 Å². The molecule has 1 aromatic heterocycles. The highest BCUT2D eigenvalue weighted by atomic mass is 19.1. The summed E-state index contributed by atoms with van der Waals surface area (Å²) in [7, 11) is 1.57. The van der Waals surface area contributed by atoms with Gasteiger partial charge >= 0.3 is 0 Å². The van der Waals surface area contributed by atoms with Crippen LogP contribution in [0.4, 0.5) is 10.1 Å². The van der Waals surface area contributed by atoms with Crippen molar-refractivity contribution in [1.82, 2.24) is 4.98 Å². The summed E-state index contributed by atoms with van der Waals surface area (Å²) >= 11 is 0. The van der Waals surface area contributed by atoms with Crippen LogP contribution in [0.15, 0.2) is 54.7 Å². The number of hydrogen-bond donors (Lipinski definition) is 1. The fourth-order valence-electron chi connectivity index (χ4n) is 2.43. The minimum Gasteiger partial charge on any atom is -0.494 e. The predicted octanol–water partition coefficient (Wildman–Crippen LogP) is 3.79. The molecule has 1 N–H and O–H groups in total. The fraction of sp³-hybridized carbons (Fsp3) is 0.158. The third kappa shape index (κ3) is 3.68. The SMILES string of the molecule is COc1ccc(NC(=O)[C@@H](C)Oc2ccc(F)cc2)c2cccnc12. The lowest BCUT2D eigenvalue weighted by Gasteiger charge is -2.16. The molecule has 1 amide bonds. The molecule has 1 heterocycles. The van der Waals surface area contributed by atoms with Crippen molar-refractivity contribution in [3.8, 4) is 11.5 Å². The number of methoxy groups -OCH3 is 1. The number of hydrogen-bond acceptors (Lipinski definition) is 4. The molecule has 6 heteroatoms. The van der Waals surface area contributed by atoms with Crippen LogP contribution in [-0.2, 0) is 4.79 Å². The van der Waals surface area contributed by atoms with Gasteiger partial charge in [0.15, 0.2) is 6.10 Å². The van der Waals surface area contributed by atoms with Crippen LogP contribution in [-0.4, -0.2) is 24.1 Å². The highest BCUT2D eigenvalue weighted by molar-refractivity contribution is 6.04. The van der Waals surface area contributed by atoms with Crippen molar-refractivity contribution in [2.75, 3.05) is 12.4 Å². The van der Waals surface area contributed by atoms with E-state index < -0.39 is 6.10 Å². The van der Waals surface area contributed by atoms with Gasteiger partial charge in [-0.3, -0.25) is 9.78 Å². The molecule has 0 saturated carbocycles. The maximum Gasteiger partial charge on any atom is 0.265 e. The maximum absolute atomic E-state index is 12.9. The lowest BCUT2D eigenvalue weighted by Crippen LogP contribution is -2.30. The Bertz CT molecular complexity index is 897. The number of aromatic nitrogens is 1. The number of fused-ring (bicyclic) bond motifs is 1. The number of nitrogens with zero attached hydrogens (tertiary/aromatic N) is 1. The van der Waals surface area contributed by atoms with Crippen LogP contribution >= 0.6 is 0 Å².